The maximum atomic E-state index is 14.2. The van der Waals surface area contributed by atoms with Crippen molar-refractivity contribution in [3.05, 3.63) is 59.4 Å². The first kappa shape index (κ1) is 17.2. The van der Waals surface area contributed by atoms with E-state index in [4.69, 9.17) is 4.74 Å². The first-order valence-electron chi connectivity index (χ1n) is 8.37. The van der Waals surface area contributed by atoms with E-state index in [0.717, 1.165) is 30.8 Å². The van der Waals surface area contributed by atoms with Crippen molar-refractivity contribution in [1.29, 1.82) is 0 Å². The van der Waals surface area contributed by atoms with Gasteiger partial charge >= 0.3 is 0 Å². The second-order valence-electron chi connectivity index (χ2n) is 5.96. The first-order chi connectivity index (χ1) is 11.7. The fourth-order valence-corrected chi connectivity index (χ4v) is 3.67. The van der Waals surface area contributed by atoms with E-state index in [2.05, 4.69) is 29.4 Å². The van der Waals surface area contributed by atoms with Crippen LogP contribution in [0.4, 0.5) is 4.39 Å². The Morgan fingerprint density at radius 1 is 1.25 bits per heavy atom. The number of ether oxygens (including phenoxy) is 1. The van der Waals surface area contributed by atoms with Gasteiger partial charge in [-0.05, 0) is 42.2 Å². The van der Waals surface area contributed by atoms with Crippen molar-refractivity contribution in [3.8, 4) is 5.75 Å². The average molecular weight is 346 g/mol. The standard InChI is InChI=1S/C19H23FN2OS/c1-2-14-5-8-19(22-10-14)18(20)12-23-16-6-3-15(4-7-16)9-17-11-21-13-24-17/h3-8,10,17-18,21H,2,9,11-13H2,1H3/t17?,18-/m0/s1. The number of aryl methyl sites for hydroxylation is 1. The summed E-state index contributed by atoms with van der Waals surface area (Å²) < 4.78 is 19.8. The number of rotatable bonds is 7. The zero-order valence-electron chi connectivity index (χ0n) is 13.9. The SMILES string of the molecule is CCc1ccc([C@@H](F)COc2ccc(CC3CNCS3)cc2)nc1. The molecule has 2 atom stereocenters. The third-order valence-corrected chi connectivity index (χ3v) is 5.33. The quantitative estimate of drug-likeness (QED) is 0.823. The van der Waals surface area contributed by atoms with Crippen LogP contribution in [-0.2, 0) is 12.8 Å². The Hall–Kier alpha value is -1.59. The van der Waals surface area contributed by atoms with Gasteiger partial charge in [0.1, 0.15) is 12.4 Å². The van der Waals surface area contributed by atoms with Crippen LogP contribution in [-0.4, -0.2) is 29.3 Å². The van der Waals surface area contributed by atoms with E-state index in [-0.39, 0.29) is 6.61 Å². The smallest absolute Gasteiger partial charge is 0.176 e. The lowest BCUT2D eigenvalue weighted by Crippen LogP contribution is -2.14. The number of aromatic nitrogens is 1. The molecular formula is C19H23FN2OS. The van der Waals surface area contributed by atoms with Crippen LogP contribution in [0.3, 0.4) is 0 Å². The molecule has 3 rings (SSSR count). The van der Waals surface area contributed by atoms with Crippen LogP contribution in [0.25, 0.3) is 0 Å². The summed E-state index contributed by atoms with van der Waals surface area (Å²) in [6.07, 6.45) is 2.48. The van der Waals surface area contributed by atoms with Gasteiger partial charge in [0.25, 0.3) is 0 Å². The molecule has 3 nitrogen and oxygen atoms in total. The second kappa shape index (κ2) is 8.49. The summed E-state index contributed by atoms with van der Waals surface area (Å²) in [7, 11) is 0. The summed E-state index contributed by atoms with van der Waals surface area (Å²) >= 11 is 1.96. The minimum absolute atomic E-state index is 0.0137. The minimum Gasteiger partial charge on any atom is -0.490 e. The van der Waals surface area contributed by atoms with E-state index in [1.54, 1.807) is 12.3 Å². The van der Waals surface area contributed by atoms with Crippen LogP contribution >= 0.6 is 11.8 Å². The van der Waals surface area contributed by atoms with Crippen LogP contribution < -0.4 is 10.1 Å². The van der Waals surface area contributed by atoms with E-state index < -0.39 is 6.17 Å². The van der Waals surface area contributed by atoms with Gasteiger partial charge in [-0.25, -0.2) is 4.39 Å². The number of pyridine rings is 1. The molecule has 24 heavy (non-hydrogen) atoms. The predicted octanol–water partition coefficient (Wildman–Crippen LogP) is 3.94. The number of hydrogen-bond acceptors (Lipinski definition) is 4. The summed E-state index contributed by atoms with van der Waals surface area (Å²) in [5.74, 6) is 1.74. The van der Waals surface area contributed by atoms with E-state index >= 15 is 0 Å². The Kier molecular flexibility index (Phi) is 6.10. The van der Waals surface area contributed by atoms with E-state index in [1.165, 1.54) is 5.56 Å². The Labute approximate surface area is 147 Å². The molecule has 5 heteroatoms. The van der Waals surface area contributed by atoms with Crippen molar-refractivity contribution in [1.82, 2.24) is 10.3 Å². The van der Waals surface area contributed by atoms with E-state index in [1.807, 2.05) is 30.0 Å². The fraction of sp³-hybridized carbons (Fsp3) is 0.421. The Morgan fingerprint density at radius 3 is 2.67 bits per heavy atom. The number of nitrogens with one attached hydrogen (secondary N) is 1. The summed E-state index contributed by atoms with van der Waals surface area (Å²) in [5.41, 5.74) is 2.82. The molecule has 2 heterocycles. The Bertz CT molecular complexity index is 627. The molecule has 0 saturated carbocycles. The highest BCUT2D eigenvalue weighted by atomic mass is 32.2. The summed E-state index contributed by atoms with van der Waals surface area (Å²) in [6, 6.07) is 11.6. The molecule has 1 N–H and O–H groups in total. The van der Waals surface area contributed by atoms with Gasteiger partial charge in [0.15, 0.2) is 6.17 Å². The van der Waals surface area contributed by atoms with Gasteiger partial charge in [-0.2, -0.15) is 0 Å². The molecule has 0 bridgehead atoms. The number of alkyl halides is 1. The van der Waals surface area contributed by atoms with Gasteiger partial charge in [-0.3, -0.25) is 4.98 Å². The maximum Gasteiger partial charge on any atom is 0.176 e. The first-order valence-corrected chi connectivity index (χ1v) is 9.42. The van der Waals surface area contributed by atoms with E-state index in [9.17, 15) is 4.39 Å². The molecule has 1 unspecified atom stereocenters. The third kappa shape index (κ3) is 4.71. The minimum atomic E-state index is -1.21. The molecule has 1 aliphatic rings. The van der Waals surface area contributed by atoms with Gasteiger partial charge in [0.05, 0.1) is 5.69 Å². The molecule has 1 aromatic carbocycles. The number of nitrogens with zero attached hydrogens (tertiary/aromatic N) is 1. The van der Waals surface area contributed by atoms with Crippen molar-refractivity contribution in [2.45, 2.75) is 31.2 Å². The number of thioether (sulfide) groups is 1. The fourth-order valence-electron chi connectivity index (χ4n) is 2.66. The molecule has 1 aromatic heterocycles. The highest BCUT2D eigenvalue weighted by Gasteiger charge is 2.15. The van der Waals surface area contributed by atoms with E-state index in [0.29, 0.717) is 16.7 Å². The van der Waals surface area contributed by atoms with Gasteiger partial charge in [-0.1, -0.05) is 25.1 Å². The summed E-state index contributed by atoms with van der Waals surface area (Å²) in [6.45, 7) is 3.11. The predicted molar refractivity (Wildman–Crippen MR) is 97.4 cm³/mol. The topological polar surface area (TPSA) is 34.1 Å². The zero-order valence-corrected chi connectivity index (χ0v) is 14.7. The van der Waals surface area contributed by atoms with Crippen LogP contribution in [0, 0.1) is 0 Å². The van der Waals surface area contributed by atoms with Crippen molar-refractivity contribution in [2.75, 3.05) is 19.0 Å². The van der Waals surface area contributed by atoms with Crippen LogP contribution in [0.2, 0.25) is 0 Å². The number of halogens is 1. The van der Waals surface area contributed by atoms with Crippen molar-refractivity contribution >= 4 is 11.8 Å². The molecule has 0 amide bonds. The average Bonchev–Trinajstić information content (AvgIpc) is 3.14. The lowest BCUT2D eigenvalue weighted by Gasteiger charge is -2.12. The Morgan fingerprint density at radius 2 is 2.04 bits per heavy atom. The van der Waals surface area contributed by atoms with Gasteiger partial charge < -0.3 is 10.1 Å². The van der Waals surface area contributed by atoms with Crippen LogP contribution in [0.15, 0.2) is 42.6 Å². The van der Waals surface area contributed by atoms with Crippen molar-refractivity contribution < 1.29 is 9.13 Å². The van der Waals surface area contributed by atoms with Gasteiger partial charge in [0, 0.05) is 23.9 Å². The summed E-state index contributed by atoms with van der Waals surface area (Å²) in [4.78, 5) is 4.17. The molecule has 2 aromatic rings. The van der Waals surface area contributed by atoms with Crippen LogP contribution in [0.5, 0.6) is 5.75 Å². The molecule has 1 fully saturated rings. The largest absolute Gasteiger partial charge is 0.490 e. The molecule has 128 valence electrons. The monoisotopic (exact) mass is 346 g/mol. The molecule has 0 aliphatic carbocycles. The molecule has 1 aliphatic heterocycles. The number of hydrogen-bond donors (Lipinski definition) is 1. The lowest BCUT2D eigenvalue weighted by atomic mass is 10.1. The highest BCUT2D eigenvalue weighted by Crippen LogP contribution is 2.22. The molecule has 0 radical (unpaired) electrons. The Balaban J connectivity index is 1.50. The van der Waals surface area contributed by atoms with Crippen molar-refractivity contribution in [2.24, 2.45) is 0 Å². The van der Waals surface area contributed by atoms with Crippen LogP contribution in [0.1, 0.15) is 29.9 Å². The highest BCUT2D eigenvalue weighted by molar-refractivity contribution is 8.00. The second-order valence-corrected chi connectivity index (χ2v) is 7.25. The molecule has 0 spiro atoms. The normalized spacial score (nSPS) is 18.5. The third-order valence-electron chi connectivity index (χ3n) is 4.15. The zero-order chi connectivity index (χ0) is 16.8. The maximum absolute atomic E-state index is 14.2. The molecular weight excluding hydrogens is 323 g/mol. The van der Waals surface area contributed by atoms with Crippen molar-refractivity contribution in [3.63, 3.8) is 0 Å². The van der Waals surface area contributed by atoms with Gasteiger partial charge in [-0.15, -0.1) is 11.8 Å². The number of benzene rings is 1. The van der Waals surface area contributed by atoms with Gasteiger partial charge in [0.2, 0.25) is 0 Å². The lowest BCUT2D eigenvalue weighted by molar-refractivity contribution is 0.194. The molecule has 1 saturated heterocycles. The summed E-state index contributed by atoms with van der Waals surface area (Å²) in [5, 5.41) is 3.99.